The molecule has 1 aromatic carbocycles. The van der Waals surface area contributed by atoms with Crippen molar-refractivity contribution in [2.75, 3.05) is 0 Å². The van der Waals surface area contributed by atoms with Gasteiger partial charge in [-0.2, -0.15) is 0 Å². The molecular weight excluding hydrogens is 286 g/mol. The average Bonchev–Trinajstić information content (AvgIpc) is 2.78. The van der Waals surface area contributed by atoms with Gasteiger partial charge in [0.2, 0.25) is 0 Å². The largest absolute Gasteiger partial charge is 0.477 e. The van der Waals surface area contributed by atoms with Crippen molar-refractivity contribution in [1.82, 2.24) is 10.3 Å². The van der Waals surface area contributed by atoms with E-state index in [1.807, 2.05) is 0 Å². The summed E-state index contributed by atoms with van der Waals surface area (Å²) < 4.78 is 5.08. The number of alkyl carbamates (subject to hydrolysis) is 1. The van der Waals surface area contributed by atoms with Gasteiger partial charge in [-0.15, -0.1) is 0 Å². The van der Waals surface area contributed by atoms with Crippen LogP contribution in [0.5, 0.6) is 0 Å². The molecule has 0 aliphatic rings. The molecule has 0 unspecified atom stereocenters. The number of hydrogen-bond acceptors (Lipinski definition) is 4. The number of benzene rings is 1. The molecule has 1 amide bonds. The molecule has 2 aromatic rings. The predicted octanol–water partition coefficient (Wildman–Crippen LogP) is 2.72. The number of fused-ring (bicyclic) bond motifs is 1. The van der Waals surface area contributed by atoms with Crippen molar-refractivity contribution >= 4 is 28.8 Å². The molecule has 2 rings (SSSR count). The van der Waals surface area contributed by atoms with Crippen LogP contribution in [0.15, 0.2) is 24.3 Å². The molecule has 0 saturated carbocycles. The first-order valence-electron chi connectivity index (χ1n) is 6.61. The van der Waals surface area contributed by atoms with E-state index in [1.54, 1.807) is 39.0 Å². The third-order valence-corrected chi connectivity index (χ3v) is 2.77. The van der Waals surface area contributed by atoms with Crippen molar-refractivity contribution < 1.29 is 19.4 Å². The van der Waals surface area contributed by atoms with E-state index in [0.29, 0.717) is 16.5 Å². The molecule has 0 radical (unpaired) electrons. The second-order valence-corrected chi connectivity index (χ2v) is 5.79. The first kappa shape index (κ1) is 15.6. The molecule has 116 valence electrons. The Labute approximate surface area is 126 Å². The summed E-state index contributed by atoms with van der Waals surface area (Å²) in [6, 6.07) is 6.41. The zero-order valence-electron chi connectivity index (χ0n) is 12.5. The maximum absolute atomic E-state index is 11.6. The molecule has 0 bridgehead atoms. The van der Waals surface area contributed by atoms with Crippen molar-refractivity contribution in [3.05, 3.63) is 35.5 Å². The van der Waals surface area contributed by atoms with Crippen molar-refractivity contribution in [1.29, 1.82) is 5.41 Å². The van der Waals surface area contributed by atoms with Gasteiger partial charge in [0.1, 0.15) is 17.1 Å². The molecule has 4 N–H and O–H groups in total. The molecule has 0 aliphatic heterocycles. The molecule has 0 spiro atoms. The Hall–Kier alpha value is -2.83. The summed E-state index contributed by atoms with van der Waals surface area (Å²) in [6.45, 7) is 5.19. The zero-order valence-corrected chi connectivity index (χ0v) is 12.5. The van der Waals surface area contributed by atoms with E-state index in [1.165, 1.54) is 6.07 Å². The number of amidine groups is 1. The van der Waals surface area contributed by atoms with Crippen LogP contribution < -0.4 is 5.32 Å². The van der Waals surface area contributed by atoms with Crippen LogP contribution in [0.4, 0.5) is 4.79 Å². The molecular formula is C15H17N3O4. The van der Waals surface area contributed by atoms with Gasteiger partial charge in [-0.3, -0.25) is 10.7 Å². The summed E-state index contributed by atoms with van der Waals surface area (Å²) in [5.41, 5.74) is 0.436. The molecule has 0 aliphatic carbocycles. The monoisotopic (exact) mass is 303 g/mol. The lowest BCUT2D eigenvalue weighted by molar-refractivity contribution is 0.0562. The normalized spacial score (nSPS) is 11.2. The second kappa shape index (κ2) is 5.51. The third-order valence-electron chi connectivity index (χ3n) is 2.77. The highest BCUT2D eigenvalue weighted by atomic mass is 16.6. The number of carbonyl (C=O) groups is 2. The Balaban J connectivity index is 2.18. The highest BCUT2D eigenvalue weighted by molar-refractivity contribution is 6.06. The lowest BCUT2D eigenvalue weighted by Gasteiger charge is -2.19. The highest BCUT2D eigenvalue weighted by Gasteiger charge is 2.17. The molecule has 0 atom stereocenters. The summed E-state index contributed by atoms with van der Waals surface area (Å²) in [7, 11) is 0. The van der Waals surface area contributed by atoms with Crippen LogP contribution in [-0.2, 0) is 4.74 Å². The van der Waals surface area contributed by atoms with Crippen molar-refractivity contribution in [3.8, 4) is 0 Å². The fraction of sp³-hybridized carbons (Fsp3) is 0.267. The third kappa shape index (κ3) is 3.63. The summed E-state index contributed by atoms with van der Waals surface area (Å²) in [5, 5.41) is 19.9. The fourth-order valence-corrected chi connectivity index (χ4v) is 1.88. The van der Waals surface area contributed by atoms with Crippen LogP contribution in [0.25, 0.3) is 10.9 Å². The van der Waals surface area contributed by atoms with E-state index < -0.39 is 17.7 Å². The van der Waals surface area contributed by atoms with Gasteiger partial charge in [0.05, 0.1) is 0 Å². The number of aromatic carboxylic acids is 1. The first-order valence-corrected chi connectivity index (χ1v) is 6.61. The number of rotatable bonds is 2. The number of hydrogen-bond donors (Lipinski definition) is 4. The number of carbonyl (C=O) groups excluding carboxylic acids is 1. The topological polar surface area (TPSA) is 115 Å². The number of amides is 1. The number of aromatic amines is 1. The summed E-state index contributed by atoms with van der Waals surface area (Å²) >= 11 is 0. The van der Waals surface area contributed by atoms with Gasteiger partial charge in [-0.1, -0.05) is 12.1 Å². The Morgan fingerprint density at radius 1 is 1.27 bits per heavy atom. The van der Waals surface area contributed by atoms with Gasteiger partial charge >= 0.3 is 12.1 Å². The Morgan fingerprint density at radius 2 is 1.95 bits per heavy atom. The van der Waals surface area contributed by atoms with E-state index in [-0.39, 0.29) is 11.5 Å². The van der Waals surface area contributed by atoms with Crippen LogP contribution in [0.2, 0.25) is 0 Å². The van der Waals surface area contributed by atoms with E-state index in [9.17, 15) is 9.59 Å². The smallest absolute Gasteiger partial charge is 0.413 e. The number of carboxylic acids is 1. The second-order valence-electron chi connectivity index (χ2n) is 5.79. The molecule has 7 nitrogen and oxygen atoms in total. The quantitative estimate of drug-likeness (QED) is 0.504. The number of nitrogens with one attached hydrogen (secondary N) is 3. The summed E-state index contributed by atoms with van der Waals surface area (Å²) in [6.07, 6.45) is -0.713. The van der Waals surface area contributed by atoms with Gasteiger partial charge in [0.15, 0.2) is 0 Å². The number of ether oxygens (including phenoxy) is 1. The Kier molecular flexibility index (Phi) is 3.90. The number of aromatic nitrogens is 1. The van der Waals surface area contributed by atoms with Gasteiger partial charge in [0.25, 0.3) is 0 Å². The maximum Gasteiger partial charge on any atom is 0.413 e. The van der Waals surface area contributed by atoms with E-state index >= 15 is 0 Å². The SMILES string of the molecule is CC(C)(C)OC(=O)NC(=N)c1ccc2cc(C(=O)O)[nH]c2c1. The minimum Gasteiger partial charge on any atom is -0.477 e. The van der Waals surface area contributed by atoms with E-state index in [4.69, 9.17) is 15.3 Å². The van der Waals surface area contributed by atoms with Crippen LogP contribution >= 0.6 is 0 Å². The molecule has 7 heteroatoms. The zero-order chi connectivity index (χ0) is 16.5. The maximum atomic E-state index is 11.6. The number of H-pyrrole nitrogens is 1. The highest BCUT2D eigenvalue weighted by Crippen LogP contribution is 2.17. The lowest BCUT2D eigenvalue weighted by atomic mass is 10.1. The molecule has 0 saturated heterocycles. The summed E-state index contributed by atoms with van der Waals surface area (Å²) in [4.78, 5) is 25.3. The van der Waals surface area contributed by atoms with Crippen LogP contribution in [0.1, 0.15) is 36.8 Å². The van der Waals surface area contributed by atoms with Gasteiger partial charge < -0.3 is 14.8 Å². The van der Waals surface area contributed by atoms with Crippen LogP contribution in [0, 0.1) is 5.41 Å². The lowest BCUT2D eigenvalue weighted by Crippen LogP contribution is -2.36. The van der Waals surface area contributed by atoms with E-state index in [2.05, 4.69) is 10.3 Å². The standard InChI is InChI=1S/C15H17N3O4/c1-15(2,3)22-14(21)18-12(16)9-5-4-8-6-11(13(19)20)17-10(8)7-9/h4-7,17H,1-3H3,(H,19,20)(H2,16,18,21). The molecule has 1 heterocycles. The minimum atomic E-state index is -1.06. The summed E-state index contributed by atoms with van der Waals surface area (Å²) in [5.74, 6) is -1.18. The Morgan fingerprint density at radius 3 is 2.55 bits per heavy atom. The van der Waals surface area contributed by atoms with Gasteiger partial charge in [-0.25, -0.2) is 9.59 Å². The first-order chi connectivity index (χ1) is 10.2. The predicted molar refractivity (Wildman–Crippen MR) is 81.5 cm³/mol. The van der Waals surface area contributed by atoms with Crippen LogP contribution in [0.3, 0.4) is 0 Å². The molecule has 1 aromatic heterocycles. The minimum absolute atomic E-state index is 0.0683. The van der Waals surface area contributed by atoms with Crippen molar-refractivity contribution in [3.63, 3.8) is 0 Å². The van der Waals surface area contributed by atoms with Crippen LogP contribution in [-0.4, -0.2) is 33.6 Å². The Bertz CT molecular complexity index is 756. The fourth-order valence-electron chi connectivity index (χ4n) is 1.88. The average molecular weight is 303 g/mol. The van der Waals surface area contributed by atoms with Crippen molar-refractivity contribution in [2.45, 2.75) is 26.4 Å². The van der Waals surface area contributed by atoms with Crippen molar-refractivity contribution in [2.24, 2.45) is 0 Å². The van der Waals surface area contributed by atoms with Gasteiger partial charge in [0, 0.05) is 16.5 Å². The number of carboxylic acid groups (broad SMARTS) is 1. The molecule has 0 fully saturated rings. The molecule has 22 heavy (non-hydrogen) atoms. The van der Waals surface area contributed by atoms with Gasteiger partial charge in [-0.05, 0) is 32.9 Å². The van der Waals surface area contributed by atoms with E-state index in [0.717, 1.165) is 0 Å².